The van der Waals surface area contributed by atoms with Crippen molar-refractivity contribution in [2.45, 2.75) is 6.54 Å². The molecule has 27 heavy (non-hydrogen) atoms. The fourth-order valence-electron chi connectivity index (χ4n) is 4.33. The molecular formula is C25H17N2+. The van der Waals surface area contributed by atoms with Crippen molar-refractivity contribution in [3.63, 3.8) is 0 Å². The zero-order valence-corrected chi connectivity index (χ0v) is 14.8. The van der Waals surface area contributed by atoms with E-state index >= 15 is 0 Å². The van der Waals surface area contributed by atoms with Crippen LogP contribution in [0.4, 0.5) is 0 Å². The van der Waals surface area contributed by atoms with Gasteiger partial charge < -0.3 is 0 Å². The number of fused-ring (bicyclic) bond motifs is 5. The first-order valence-electron chi connectivity index (χ1n) is 9.29. The van der Waals surface area contributed by atoms with Crippen LogP contribution in [0.5, 0.6) is 0 Å². The van der Waals surface area contributed by atoms with Gasteiger partial charge in [0.2, 0.25) is 5.69 Å². The van der Waals surface area contributed by atoms with Crippen molar-refractivity contribution in [2.24, 2.45) is 0 Å². The zero-order valence-electron chi connectivity index (χ0n) is 14.8. The van der Waals surface area contributed by atoms with Crippen molar-refractivity contribution in [1.29, 1.82) is 0 Å². The van der Waals surface area contributed by atoms with Gasteiger partial charge >= 0.3 is 0 Å². The molecule has 0 saturated carbocycles. The molecule has 126 valence electrons. The lowest BCUT2D eigenvalue weighted by atomic mass is 10.0. The SMILES string of the molecule is c1ccc(C[n+]2ccc3c4c(nc5ccccc53)-c3ccccc3-c42)cc1. The second-order valence-corrected chi connectivity index (χ2v) is 7.09. The van der Waals surface area contributed by atoms with Gasteiger partial charge in [-0.15, -0.1) is 0 Å². The fraction of sp³-hybridized carbons (Fsp3) is 0.0400. The predicted octanol–water partition coefficient (Wildman–Crippen LogP) is 5.37. The molecule has 0 atom stereocenters. The summed E-state index contributed by atoms with van der Waals surface area (Å²) in [5.41, 5.74) is 7.26. The minimum atomic E-state index is 0.854. The summed E-state index contributed by atoms with van der Waals surface area (Å²) < 4.78 is 2.36. The number of hydrogen-bond donors (Lipinski definition) is 0. The maximum Gasteiger partial charge on any atom is 0.223 e. The van der Waals surface area contributed by atoms with Crippen LogP contribution in [0, 0.1) is 0 Å². The van der Waals surface area contributed by atoms with Crippen LogP contribution < -0.4 is 4.57 Å². The maximum atomic E-state index is 5.05. The Morgan fingerprint density at radius 1 is 0.667 bits per heavy atom. The Balaban J connectivity index is 1.73. The van der Waals surface area contributed by atoms with Crippen LogP contribution in [0.3, 0.4) is 0 Å². The van der Waals surface area contributed by atoms with Crippen molar-refractivity contribution < 1.29 is 4.57 Å². The monoisotopic (exact) mass is 345 g/mol. The summed E-state index contributed by atoms with van der Waals surface area (Å²) in [4.78, 5) is 5.05. The molecule has 0 N–H and O–H groups in total. The maximum absolute atomic E-state index is 5.05. The second kappa shape index (κ2) is 5.49. The number of pyridine rings is 2. The standard InChI is InChI=1S/C25H17N2/c1-2-8-17(9-3-1)16-27-15-14-19-18-10-6-7-13-22(18)26-24-20-11-4-5-12-21(20)25(27)23(19)24/h1-15H,16H2/q+1. The van der Waals surface area contributed by atoms with Crippen molar-refractivity contribution in [3.8, 4) is 22.5 Å². The smallest absolute Gasteiger partial charge is 0.223 e. The number of benzene rings is 3. The molecule has 0 radical (unpaired) electrons. The zero-order chi connectivity index (χ0) is 17.8. The molecule has 0 unspecified atom stereocenters. The first-order valence-corrected chi connectivity index (χ1v) is 9.29. The van der Waals surface area contributed by atoms with Gasteiger partial charge in [-0.1, -0.05) is 66.7 Å². The predicted molar refractivity (Wildman–Crippen MR) is 109 cm³/mol. The molecule has 2 aromatic heterocycles. The summed E-state index contributed by atoms with van der Waals surface area (Å²) >= 11 is 0. The van der Waals surface area contributed by atoms with Gasteiger partial charge in [-0.3, -0.25) is 0 Å². The van der Waals surface area contributed by atoms with E-state index in [9.17, 15) is 0 Å². The Kier molecular flexibility index (Phi) is 2.97. The third-order valence-electron chi connectivity index (χ3n) is 5.51. The Hall–Kier alpha value is -3.52. The molecule has 1 aliphatic carbocycles. The third-order valence-corrected chi connectivity index (χ3v) is 5.51. The molecule has 6 rings (SSSR count). The van der Waals surface area contributed by atoms with Crippen LogP contribution in [0.25, 0.3) is 44.2 Å². The summed E-state index contributed by atoms with van der Waals surface area (Å²) in [7, 11) is 0. The minimum Gasteiger partial charge on any atom is -0.247 e. The Morgan fingerprint density at radius 2 is 1.41 bits per heavy atom. The third kappa shape index (κ3) is 2.07. The van der Waals surface area contributed by atoms with E-state index in [1.165, 1.54) is 38.5 Å². The molecular weight excluding hydrogens is 328 g/mol. The highest BCUT2D eigenvalue weighted by atomic mass is 15.0. The van der Waals surface area contributed by atoms with Crippen molar-refractivity contribution in [1.82, 2.24) is 4.98 Å². The van der Waals surface area contributed by atoms with Crippen molar-refractivity contribution in [2.75, 3.05) is 0 Å². The molecule has 3 aromatic carbocycles. The average Bonchev–Trinajstić information content (AvgIpc) is 3.06. The molecule has 0 saturated heterocycles. The molecule has 0 bridgehead atoms. The Labute approximate surface area is 157 Å². The highest BCUT2D eigenvalue weighted by Gasteiger charge is 2.31. The summed E-state index contributed by atoms with van der Waals surface area (Å²) in [6.45, 7) is 0.854. The molecule has 2 nitrogen and oxygen atoms in total. The molecule has 0 aliphatic heterocycles. The Morgan fingerprint density at radius 3 is 2.30 bits per heavy atom. The van der Waals surface area contributed by atoms with Gasteiger partial charge in [-0.2, -0.15) is 4.57 Å². The van der Waals surface area contributed by atoms with Crippen molar-refractivity contribution in [3.05, 3.63) is 96.7 Å². The van der Waals surface area contributed by atoms with Crippen LogP contribution in [-0.2, 0) is 6.54 Å². The van der Waals surface area contributed by atoms with Gasteiger partial charge in [0.1, 0.15) is 0 Å². The molecule has 1 aliphatic rings. The number of rotatable bonds is 2. The van der Waals surface area contributed by atoms with E-state index in [-0.39, 0.29) is 0 Å². The lowest BCUT2D eigenvalue weighted by Gasteiger charge is -2.07. The summed E-state index contributed by atoms with van der Waals surface area (Å²) in [6.07, 6.45) is 2.23. The molecule has 0 spiro atoms. The molecule has 0 fully saturated rings. The first-order chi connectivity index (χ1) is 13.4. The van der Waals surface area contributed by atoms with Crippen LogP contribution >= 0.6 is 0 Å². The highest BCUT2D eigenvalue weighted by Crippen LogP contribution is 2.45. The van der Waals surface area contributed by atoms with E-state index in [2.05, 4.69) is 95.7 Å². The van der Waals surface area contributed by atoms with Crippen molar-refractivity contribution >= 4 is 21.7 Å². The fourth-order valence-corrected chi connectivity index (χ4v) is 4.33. The minimum absolute atomic E-state index is 0.854. The van der Waals surface area contributed by atoms with Crippen LogP contribution in [0.2, 0.25) is 0 Å². The summed E-state index contributed by atoms with van der Waals surface area (Å²) in [5, 5.41) is 3.77. The van der Waals surface area contributed by atoms with Gasteiger partial charge in [0, 0.05) is 28.0 Å². The van der Waals surface area contributed by atoms with Gasteiger partial charge in [-0.05, 0) is 12.1 Å². The molecule has 2 heterocycles. The number of para-hydroxylation sites is 1. The van der Waals surface area contributed by atoms with E-state index in [4.69, 9.17) is 4.98 Å². The number of hydrogen-bond acceptors (Lipinski definition) is 1. The number of aromatic nitrogens is 2. The number of nitrogens with zero attached hydrogens (tertiary/aromatic N) is 2. The van der Waals surface area contributed by atoms with Crippen LogP contribution in [0.15, 0.2) is 91.1 Å². The van der Waals surface area contributed by atoms with E-state index in [1.54, 1.807) is 0 Å². The largest absolute Gasteiger partial charge is 0.247 e. The van der Waals surface area contributed by atoms with E-state index < -0.39 is 0 Å². The molecule has 5 aromatic rings. The Bertz CT molecular complexity index is 1340. The lowest BCUT2D eigenvalue weighted by molar-refractivity contribution is -0.676. The average molecular weight is 345 g/mol. The van der Waals surface area contributed by atoms with Crippen LogP contribution in [-0.4, -0.2) is 4.98 Å². The highest BCUT2D eigenvalue weighted by molar-refractivity contribution is 6.19. The van der Waals surface area contributed by atoms with E-state index in [0.29, 0.717) is 0 Å². The lowest BCUT2D eigenvalue weighted by Crippen LogP contribution is -2.36. The van der Waals surface area contributed by atoms with Gasteiger partial charge in [0.25, 0.3) is 0 Å². The normalized spacial score (nSPS) is 11.9. The van der Waals surface area contributed by atoms with E-state index in [0.717, 1.165) is 17.8 Å². The van der Waals surface area contributed by atoms with Gasteiger partial charge in [-0.25, -0.2) is 4.98 Å². The quantitative estimate of drug-likeness (QED) is 0.304. The summed E-state index contributed by atoms with van der Waals surface area (Å²) in [5.74, 6) is 0. The first kappa shape index (κ1) is 14.6. The molecule has 0 amide bonds. The summed E-state index contributed by atoms with van der Waals surface area (Å²) in [6, 6.07) is 30.0. The molecule has 2 heteroatoms. The van der Waals surface area contributed by atoms with Crippen LogP contribution in [0.1, 0.15) is 5.56 Å². The van der Waals surface area contributed by atoms with Gasteiger partial charge in [0.15, 0.2) is 12.7 Å². The topological polar surface area (TPSA) is 16.8 Å². The van der Waals surface area contributed by atoms with E-state index in [1.807, 2.05) is 0 Å². The van der Waals surface area contributed by atoms with Gasteiger partial charge in [0.05, 0.1) is 22.2 Å². The second-order valence-electron chi connectivity index (χ2n) is 7.09.